The molecule has 4 heteroatoms. The number of para-hydroxylation sites is 1. The minimum Gasteiger partial charge on any atom is -0.486 e. The Morgan fingerprint density at radius 3 is 2.68 bits per heavy atom. The van der Waals surface area contributed by atoms with Crippen LogP contribution in [0.3, 0.4) is 0 Å². The number of aryl methyl sites for hydroxylation is 1. The lowest BCUT2D eigenvalue weighted by molar-refractivity contribution is 0.307. The highest BCUT2D eigenvalue weighted by Crippen LogP contribution is 2.30. The molecule has 0 spiro atoms. The lowest BCUT2D eigenvalue weighted by Crippen LogP contribution is -2.05. The van der Waals surface area contributed by atoms with E-state index < -0.39 is 0 Å². The summed E-state index contributed by atoms with van der Waals surface area (Å²) in [6.45, 7) is 3.31. The van der Waals surface area contributed by atoms with Crippen molar-refractivity contribution in [3.05, 3.63) is 50.7 Å². The van der Waals surface area contributed by atoms with Gasteiger partial charge in [0.1, 0.15) is 12.4 Å². The molecular formula is C15H18ClNOS. The fourth-order valence-electron chi connectivity index (χ4n) is 1.90. The quantitative estimate of drug-likeness (QED) is 0.873. The molecule has 0 aliphatic carbocycles. The van der Waals surface area contributed by atoms with Crippen LogP contribution in [0.15, 0.2) is 30.3 Å². The van der Waals surface area contributed by atoms with Gasteiger partial charge in [0.2, 0.25) is 0 Å². The van der Waals surface area contributed by atoms with Gasteiger partial charge in [-0.25, -0.2) is 0 Å². The molecule has 102 valence electrons. The predicted molar refractivity (Wildman–Crippen MR) is 82.2 cm³/mol. The first-order chi connectivity index (χ1) is 9.24. The summed E-state index contributed by atoms with van der Waals surface area (Å²) in [5.74, 6) is 0.765. The molecule has 2 aromatic rings. The van der Waals surface area contributed by atoms with E-state index >= 15 is 0 Å². The van der Waals surface area contributed by atoms with Gasteiger partial charge in [-0.2, -0.15) is 0 Å². The monoisotopic (exact) mass is 295 g/mol. The number of hydrogen-bond donors (Lipinski definition) is 1. The van der Waals surface area contributed by atoms with Crippen LogP contribution in [0.4, 0.5) is 0 Å². The summed E-state index contributed by atoms with van der Waals surface area (Å²) >= 11 is 7.99. The van der Waals surface area contributed by atoms with Crippen LogP contribution in [0.1, 0.15) is 22.2 Å². The molecule has 2 N–H and O–H groups in total. The highest BCUT2D eigenvalue weighted by atomic mass is 35.5. The number of rotatable bonds is 6. The Bertz CT molecular complexity index is 539. The number of halogens is 1. The van der Waals surface area contributed by atoms with E-state index in [1.54, 1.807) is 11.3 Å². The molecule has 0 aliphatic rings. The smallest absolute Gasteiger partial charge is 0.141 e. The van der Waals surface area contributed by atoms with E-state index in [2.05, 4.69) is 19.1 Å². The fourth-order valence-corrected chi connectivity index (χ4v) is 3.02. The van der Waals surface area contributed by atoms with Crippen LogP contribution in [-0.2, 0) is 19.4 Å². The molecule has 0 bridgehead atoms. The number of nitrogens with two attached hydrogens (primary N) is 1. The van der Waals surface area contributed by atoms with Crippen LogP contribution in [0.25, 0.3) is 0 Å². The normalized spacial score (nSPS) is 10.7. The van der Waals surface area contributed by atoms with Gasteiger partial charge in [-0.3, -0.25) is 0 Å². The van der Waals surface area contributed by atoms with E-state index in [0.29, 0.717) is 18.2 Å². The molecule has 0 saturated heterocycles. The highest BCUT2D eigenvalue weighted by molar-refractivity contribution is 7.11. The Balaban J connectivity index is 2.09. The summed E-state index contributed by atoms with van der Waals surface area (Å²) in [4.78, 5) is 2.59. The average molecular weight is 296 g/mol. The molecule has 2 nitrogen and oxygen atoms in total. The Hall–Kier alpha value is -1.03. The zero-order chi connectivity index (χ0) is 13.7. The predicted octanol–water partition coefficient (Wildman–Crippen LogP) is 4.04. The second-order valence-corrected chi connectivity index (χ2v) is 5.94. The molecule has 1 aromatic carbocycles. The largest absolute Gasteiger partial charge is 0.486 e. The van der Waals surface area contributed by atoms with E-state index in [1.165, 1.54) is 9.75 Å². The van der Waals surface area contributed by atoms with Crippen molar-refractivity contribution in [1.82, 2.24) is 0 Å². The zero-order valence-electron chi connectivity index (χ0n) is 11.0. The lowest BCUT2D eigenvalue weighted by atomic mass is 10.1. The van der Waals surface area contributed by atoms with Gasteiger partial charge < -0.3 is 10.5 Å². The second kappa shape index (κ2) is 6.94. The summed E-state index contributed by atoms with van der Waals surface area (Å²) in [5, 5.41) is 0.651. The number of hydrogen-bond acceptors (Lipinski definition) is 3. The maximum Gasteiger partial charge on any atom is 0.141 e. The number of thiophene rings is 1. The van der Waals surface area contributed by atoms with Gasteiger partial charge in [0.15, 0.2) is 0 Å². The van der Waals surface area contributed by atoms with Crippen molar-refractivity contribution in [3.8, 4) is 5.75 Å². The van der Waals surface area contributed by atoms with Crippen LogP contribution in [0, 0.1) is 0 Å². The van der Waals surface area contributed by atoms with Gasteiger partial charge in [0.25, 0.3) is 0 Å². The molecule has 1 aromatic heterocycles. The fraction of sp³-hybridized carbons (Fsp3) is 0.333. The van der Waals surface area contributed by atoms with Gasteiger partial charge >= 0.3 is 0 Å². The second-order valence-electron chi connectivity index (χ2n) is 4.28. The molecule has 0 aliphatic heterocycles. The van der Waals surface area contributed by atoms with Gasteiger partial charge in [-0.1, -0.05) is 30.7 Å². The molecule has 0 atom stereocenters. The van der Waals surface area contributed by atoms with Crippen molar-refractivity contribution in [1.29, 1.82) is 0 Å². The molecule has 1 heterocycles. The first kappa shape index (κ1) is 14.4. The van der Waals surface area contributed by atoms with Gasteiger partial charge in [-0.15, -0.1) is 11.3 Å². The van der Waals surface area contributed by atoms with Crippen LogP contribution >= 0.6 is 22.9 Å². The highest BCUT2D eigenvalue weighted by Gasteiger charge is 2.09. The standard InChI is InChI=1S/C15H18ClNOS/c1-2-12-6-7-13(19-12)10-18-15-11(8-9-17)4-3-5-14(15)16/h3-7H,2,8-10,17H2,1H3. The summed E-state index contributed by atoms with van der Waals surface area (Å²) in [7, 11) is 0. The minimum atomic E-state index is 0.561. The number of benzene rings is 1. The Labute approximate surface area is 123 Å². The molecule has 0 amide bonds. The van der Waals surface area contributed by atoms with Crippen LogP contribution in [-0.4, -0.2) is 6.54 Å². The van der Waals surface area contributed by atoms with E-state index in [1.807, 2.05) is 18.2 Å². The van der Waals surface area contributed by atoms with Crippen molar-refractivity contribution in [2.75, 3.05) is 6.54 Å². The van der Waals surface area contributed by atoms with Gasteiger partial charge in [0.05, 0.1) is 5.02 Å². The summed E-state index contributed by atoms with van der Waals surface area (Å²) in [5.41, 5.74) is 6.68. The van der Waals surface area contributed by atoms with E-state index in [9.17, 15) is 0 Å². The van der Waals surface area contributed by atoms with Crippen molar-refractivity contribution in [3.63, 3.8) is 0 Å². The molecule has 0 saturated carbocycles. The molecule has 2 rings (SSSR count). The van der Waals surface area contributed by atoms with Crippen molar-refractivity contribution in [2.45, 2.75) is 26.4 Å². The Morgan fingerprint density at radius 2 is 2.00 bits per heavy atom. The third kappa shape index (κ3) is 3.72. The van der Waals surface area contributed by atoms with Gasteiger partial charge in [-0.05, 0) is 43.1 Å². The average Bonchev–Trinajstić information content (AvgIpc) is 2.86. The number of ether oxygens (including phenoxy) is 1. The van der Waals surface area contributed by atoms with Crippen LogP contribution in [0.2, 0.25) is 5.02 Å². The van der Waals surface area contributed by atoms with Crippen LogP contribution < -0.4 is 10.5 Å². The SMILES string of the molecule is CCc1ccc(COc2c(Cl)cccc2CCN)s1. The summed E-state index contributed by atoms with van der Waals surface area (Å²) < 4.78 is 5.89. The summed E-state index contributed by atoms with van der Waals surface area (Å²) in [6, 6.07) is 10.1. The Morgan fingerprint density at radius 1 is 1.21 bits per heavy atom. The molecule has 0 fully saturated rings. The first-order valence-corrected chi connectivity index (χ1v) is 7.62. The Kier molecular flexibility index (Phi) is 5.25. The van der Waals surface area contributed by atoms with Gasteiger partial charge in [0, 0.05) is 9.75 Å². The minimum absolute atomic E-state index is 0.561. The molecule has 19 heavy (non-hydrogen) atoms. The topological polar surface area (TPSA) is 35.2 Å². The maximum absolute atomic E-state index is 6.20. The summed E-state index contributed by atoms with van der Waals surface area (Å²) in [6.07, 6.45) is 1.84. The van der Waals surface area contributed by atoms with E-state index in [4.69, 9.17) is 22.1 Å². The lowest BCUT2D eigenvalue weighted by Gasteiger charge is -2.12. The first-order valence-electron chi connectivity index (χ1n) is 6.42. The maximum atomic E-state index is 6.20. The zero-order valence-corrected chi connectivity index (χ0v) is 12.6. The molecule has 0 unspecified atom stereocenters. The van der Waals surface area contributed by atoms with E-state index in [-0.39, 0.29) is 0 Å². The third-order valence-corrected chi connectivity index (χ3v) is 4.39. The van der Waals surface area contributed by atoms with E-state index in [0.717, 1.165) is 24.2 Å². The molecular weight excluding hydrogens is 278 g/mol. The van der Waals surface area contributed by atoms with Crippen molar-refractivity contribution < 1.29 is 4.74 Å². The third-order valence-electron chi connectivity index (χ3n) is 2.89. The van der Waals surface area contributed by atoms with Crippen LogP contribution in [0.5, 0.6) is 5.75 Å². The van der Waals surface area contributed by atoms with Crippen molar-refractivity contribution >= 4 is 22.9 Å². The molecule has 0 radical (unpaired) electrons. The van der Waals surface area contributed by atoms with Crippen molar-refractivity contribution in [2.24, 2.45) is 5.73 Å².